The van der Waals surface area contributed by atoms with Gasteiger partial charge in [-0.25, -0.2) is 4.39 Å². The number of nitrogens with zero attached hydrogens (tertiary/aromatic N) is 1. The zero-order valence-corrected chi connectivity index (χ0v) is 11.8. The summed E-state index contributed by atoms with van der Waals surface area (Å²) in [4.78, 5) is 10.5. The predicted molar refractivity (Wildman–Crippen MR) is 79.6 cm³/mol. The summed E-state index contributed by atoms with van der Waals surface area (Å²) in [7, 11) is 0. The second-order valence-electron chi connectivity index (χ2n) is 5.12. The Morgan fingerprint density at radius 2 is 1.95 bits per heavy atom. The van der Waals surface area contributed by atoms with Gasteiger partial charge in [0, 0.05) is 17.7 Å². The lowest BCUT2D eigenvalue weighted by Crippen LogP contribution is -2.26. The van der Waals surface area contributed by atoms with Crippen LogP contribution in [0, 0.1) is 22.9 Å². The molecule has 5 heteroatoms. The Kier molecular flexibility index (Phi) is 4.65. The van der Waals surface area contributed by atoms with Gasteiger partial charge in [-0.05, 0) is 43.0 Å². The lowest BCUT2D eigenvalue weighted by molar-refractivity contribution is -0.385. The predicted octanol–water partition coefficient (Wildman–Crippen LogP) is 3.15. The zero-order chi connectivity index (χ0) is 15.4. The van der Waals surface area contributed by atoms with Gasteiger partial charge in [0.05, 0.1) is 4.92 Å². The highest BCUT2D eigenvalue weighted by atomic mass is 19.1. The van der Waals surface area contributed by atoms with Crippen LogP contribution in [0.15, 0.2) is 42.5 Å². The molecule has 21 heavy (non-hydrogen) atoms. The first-order valence-electron chi connectivity index (χ1n) is 6.70. The molecule has 0 aliphatic carbocycles. The normalized spacial score (nSPS) is 12.1. The monoisotopic (exact) mass is 288 g/mol. The van der Waals surface area contributed by atoms with Gasteiger partial charge in [0.2, 0.25) is 0 Å². The molecule has 0 aliphatic rings. The summed E-state index contributed by atoms with van der Waals surface area (Å²) >= 11 is 0. The summed E-state index contributed by atoms with van der Waals surface area (Å²) in [5.41, 5.74) is 8.51. The van der Waals surface area contributed by atoms with E-state index in [1.165, 1.54) is 18.2 Å². The number of hydrogen-bond acceptors (Lipinski definition) is 3. The van der Waals surface area contributed by atoms with Crippen LogP contribution < -0.4 is 5.73 Å². The first-order chi connectivity index (χ1) is 9.97. The fourth-order valence-electron chi connectivity index (χ4n) is 2.41. The van der Waals surface area contributed by atoms with E-state index in [-0.39, 0.29) is 17.5 Å². The fraction of sp³-hybridized carbons (Fsp3) is 0.250. The van der Waals surface area contributed by atoms with Gasteiger partial charge in [0.1, 0.15) is 5.82 Å². The van der Waals surface area contributed by atoms with E-state index in [2.05, 4.69) is 0 Å². The molecule has 0 amide bonds. The maximum atomic E-state index is 13.1. The third kappa shape index (κ3) is 3.86. The number of nitro benzene ring substituents is 1. The average Bonchev–Trinajstić information content (AvgIpc) is 2.40. The molecule has 1 atom stereocenters. The van der Waals surface area contributed by atoms with E-state index in [4.69, 9.17) is 5.73 Å². The molecule has 0 aromatic heterocycles. The zero-order valence-electron chi connectivity index (χ0n) is 11.8. The first-order valence-corrected chi connectivity index (χ1v) is 6.70. The van der Waals surface area contributed by atoms with Crippen LogP contribution >= 0.6 is 0 Å². The van der Waals surface area contributed by atoms with Crippen molar-refractivity contribution in [3.05, 3.63) is 75.1 Å². The summed E-state index contributed by atoms with van der Waals surface area (Å²) in [6.07, 6.45) is 1.05. The molecule has 1 unspecified atom stereocenters. The van der Waals surface area contributed by atoms with E-state index in [9.17, 15) is 14.5 Å². The molecule has 0 aliphatic heterocycles. The van der Waals surface area contributed by atoms with Gasteiger partial charge in [-0.2, -0.15) is 0 Å². The molecule has 0 fully saturated rings. The van der Waals surface area contributed by atoms with Gasteiger partial charge in [0.25, 0.3) is 5.69 Å². The lowest BCUT2D eigenvalue weighted by atomic mass is 9.96. The molecule has 0 bridgehead atoms. The van der Waals surface area contributed by atoms with Crippen LogP contribution in [-0.2, 0) is 12.8 Å². The average molecular weight is 288 g/mol. The highest BCUT2D eigenvalue weighted by Gasteiger charge is 2.15. The van der Waals surface area contributed by atoms with Crippen molar-refractivity contribution < 1.29 is 9.31 Å². The van der Waals surface area contributed by atoms with Crippen LogP contribution in [0.2, 0.25) is 0 Å². The third-order valence-electron chi connectivity index (χ3n) is 3.48. The number of benzene rings is 2. The Hall–Kier alpha value is -2.27. The smallest absolute Gasteiger partial charge is 0.272 e. The standard InChI is InChI=1S/C16H17FN2O2/c1-11-13(5-3-7-16(11)19(20)21)10-15(18)9-12-4-2-6-14(17)8-12/h2-8,15H,9-10,18H2,1H3. The van der Waals surface area contributed by atoms with Crippen molar-refractivity contribution in [3.8, 4) is 0 Å². The van der Waals surface area contributed by atoms with E-state index in [1.807, 2.05) is 12.1 Å². The number of hydrogen-bond donors (Lipinski definition) is 1. The summed E-state index contributed by atoms with van der Waals surface area (Å²) in [6, 6.07) is 11.1. The molecule has 0 radical (unpaired) electrons. The minimum Gasteiger partial charge on any atom is -0.327 e. The molecule has 2 aromatic carbocycles. The lowest BCUT2D eigenvalue weighted by Gasteiger charge is -2.13. The van der Waals surface area contributed by atoms with Gasteiger partial charge in [-0.3, -0.25) is 10.1 Å². The van der Waals surface area contributed by atoms with Crippen molar-refractivity contribution in [2.24, 2.45) is 5.73 Å². The molecule has 2 rings (SSSR count). The van der Waals surface area contributed by atoms with Gasteiger partial charge < -0.3 is 5.73 Å². The molecular weight excluding hydrogens is 271 g/mol. The highest BCUT2D eigenvalue weighted by molar-refractivity contribution is 5.44. The van der Waals surface area contributed by atoms with Crippen LogP contribution in [0.5, 0.6) is 0 Å². The Morgan fingerprint density at radius 3 is 2.62 bits per heavy atom. The Bertz CT molecular complexity index is 658. The van der Waals surface area contributed by atoms with E-state index in [1.54, 1.807) is 19.1 Å². The van der Waals surface area contributed by atoms with Gasteiger partial charge in [-0.15, -0.1) is 0 Å². The van der Waals surface area contributed by atoms with E-state index < -0.39 is 4.92 Å². The molecule has 2 N–H and O–H groups in total. The molecule has 0 spiro atoms. The SMILES string of the molecule is Cc1c(CC(N)Cc2cccc(F)c2)cccc1[N+](=O)[O-]. The van der Waals surface area contributed by atoms with Crippen LogP contribution in [0.1, 0.15) is 16.7 Å². The van der Waals surface area contributed by atoms with Crippen molar-refractivity contribution in [1.82, 2.24) is 0 Å². The van der Waals surface area contributed by atoms with Crippen molar-refractivity contribution in [3.63, 3.8) is 0 Å². The van der Waals surface area contributed by atoms with Crippen LogP contribution in [-0.4, -0.2) is 11.0 Å². The molecule has 0 saturated heterocycles. The largest absolute Gasteiger partial charge is 0.327 e. The van der Waals surface area contributed by atoms with Crippen molar-refractivity contribution in [2.45, 2.75) is 25.8 Å². The highest BCUT2D eigenvalue weighted by Crippen LogP contribution is 2.22. The van der Waals surface area contributed by atoms with Gasteiger partial charge in [0.15, 0.2) is 0 Å². The second kappa shape index (κ2) is 6.45. The third-order valence-corrected chi connectivity index (χ3v) is 3.48. The molecule has 110 valence electrons. The summed E-state index contributed by atoms with van der Waals surface area (Å²) in [5, 5.41) is 10.9. The number of nitro groups is 1. The quantitative estimate of drug-likeness (QED) is 0.678. The van der Waals surface area contributed by atoms with Gasteiger partial charge in [-0.1, -0.05) is 24.3 Å². The van der Waals surface area contributed by atoms with Crippen molar-refractivity contribution in [1.29, 1.82) is 0 Å². The Balaban J connectivity index is 2.11. The van der Waals surface area contributed by atoms with Crippen LogP contribution in [0.3, 0.4) is 0 Å². The van der Waals surface area contributed by atoms with Crippen LogP contribution in [0.4, 0.5) is 10.1 Å². The molecule has 4 nitrogen and oxygen atoms in total. The summed E-state index contributed by atoms with van der Waals surface area (Å²) in [5.74, 6) is -0.286. The topological polar surface area (TPSA) is 69.2 Å². The first kappa shape index (κ1) is 15.1. The fourth-order valence-corrected chi connectivity index (χ4v) is 2.41. The van der Waals surface area contributed by atoms with E-state index in [0.717, 1.165) is 11.1 Å². The van der Waals surface area contributed by atoms with Gasteiger partial charge >= 0.3 is 0 Å². The number of nitrogens with two attached hydrogens (primary N) is 1. The number of halogens is 1. The Labute approximate surface area is 122 Å². The minimum absolute atomic E-state index is 0.102. The summed E-state index contributed by atoms with van der Waals surface area (Å²) < 4.78 is 13.1. The minimum atomic E-state index is -0.392. The number of rotatable bonds is 5. The molecular formula is C16H17FN2O2. The maximum Gasteiger partial charge on any atom is 0.272 e. The maximum absolute atomic E-state index is 13.1. The molecule has 2 aromatic rings. The second-order valence-corrected chi connectivity index (χ2v) is 5.12. The van der Waals surface area contributed by atoms with E-state index >= 15 is 0 Å². The van der Waals surface area contributed by atoms with Crippen LogP contribution in [0.25, 0.3) is 0 Å². The van der Waals surface area contributed by atoms with E-state index in [0.29, 0.717) is 18.4 Å². The molecule has 0 saturated carbocycles. The molecule has 0 heterocycles. The van der Waals surface area contributed by atoms with Crippen molar-refractivity contribution in [2.75, 3.05) is 0 Å². The van der Waals surface area contributed by atoms with Crippen molar-refractivity contribution >= 4 is 5.69 Å². The Morgan fingerprint density at radius 1 is 1.24 bits per heavy atom. The summed E-state index contributed by atoms with van der Waals surface area (Å²) in [6.45, 7) is 1.72.